The molecule has 5 aromatic rings. The normalized spacial score (nSPS) is 13.2. The molecule has 4 aromatic heterocycles. The molecule has 0 aliphatic heterocycles. The predicted molar refractivity (Wildman–Crippen MR) is 130 cm³/mol. The van der Waals surface area contributed by atoms with Gasteiger partial charge in [-0.05, 0) is 37.6 Å². The maximum atomic E-state index is 13.3. The van der Waals surface area contributed by atoms with Crippen LogP contribution in [0.3, 0.4) is 0 Å². The molecule has 0 amide bonds. The van der Waals surface area contributed by atoms with Crippen molar-refractivity contribution in [2.24, 2.45) is 14.1 Å². The number of fused-ring (bicyclic) bond motifs is 3. The van der Waals surface area contributed by atoms with Crippen molar-refractivity contribution in [3.8, 4) is 22.6 Å². The summed E-state index contributed by atoms with van der Waals surface area (Å²) in [7, 11) is 1.02. The molecular formula is C25H26N6O3. The third-order valence-corrected chi connectivity index (χ3v) is 5.88. The summed E-state index contributed by atoms with van der Waals surface area (Å²) in [5.41, 5.74) is 5.41. The number of aryl methyl sites for hydroxylation is 3. The van der Waals surface area contributed by atoms with Crippen LogP contribution in [0.2, 0.25) is 0 Å². The molecule has 0 unspecified atom stereocenters. The first-order valence-electron chi connectivity index (χ1n) is 12.3. The van der Waals surface area contributed by atoms with Gasteiger partial charge in [0.25, 0.3) is 0 Å². The first kappa shape index (κ1) is 18.4. The fourth-order valence-electron chi connectivity index (χ4n) is 4.29. The zero-order valence-electron chi connectivity index (χ0n) is 22.4. The van der Waals surface area contributed by atoms with Gasteiger partial charge in [0.2, 0.25) is 0 Å². The van der Waals surface area contributed by atoms with Crippen molar-refractivity contribution >= 4 is 21.9 Å². The van der Waals surface area contributed by atoms with E-state index >= 15 is 0 Å². The average Bonchev–Trinajstić information content (AvgIpc) is 3.31. The molecule has 174 valence electrons. The van der Waals surface area contributed by atoms with Crippen molar-refractivity contribution in [1.29, 1.82) is 0 Å². The van der Waals surface area contributed by atoms with E-state index in [1.165, 1.54) is 0 Å². The van der Waals surface area contributed by atoms with Gasteiger partial charge in [-0.2, -0.15) is 5.10 Å². The second kappa shape index (κ2) is 8.42. The molecule has 0 radical (unpaired) electrons. The van der Waals surface area contributed by atoms with E-state index in [9.17, 15) is 4.79 Å². The molecule has 0 bridgehead atoms. The van der Waals surface area contributed by atoms with E-state index in [0.29, 0.717) is 29.3 Å². The summed E-state index contributed by atoms with van der Waals surface area (Å²) in [6, 6.07) is 7.60. The Kier molecular flexibility index (Phi) is 4.57. The SMILES string of the molecule is [2H]C([2H])([2H])OCc1ncc(-c2ccc3ncc4c(c3c2)n(-c2cn(C)nc2C)c(=O)n4C)cc1OCC. The summed E-state index contributed by atoms with van der Waals surface area (Å²) in [5, 5.41) is 5.21. The lowest BCUT2D eigenvalue weighted by Gasteiger charge is -2.12. The minimum Gasteiger partial charge on any atom is -0.492 e. The Labute approximate surface area is 200 Å². The molecule has 0 saturated carbocycles. The fourth-order valence-corrected chi connectivity index (χ4v) is 4.29. The van der Waals surface area contributed by atoms with Crippen LogP contribution >= 0.6 is 0 Å². The van der Waals surface area contributed by atoms with Gasteiger partial charge in [0, 0.05) is 44.5 Å². The van der Waals surface area contributed by atoms with E-state index in [2.05, 4.69) is 15.1 Å². The van der Waals surface area contributed by atoms with Gasteiger partial charge >= 0.3 is 5.69 Å². The minimum atomic E-state index is -2.53. The number of nitrogens with zero attached hydrogens (tertiary/aromatic N) is 6. The standard InChI is InChI=1S/C25H26N6O3/c1-6-34-23-10-17(11-26-20(23)14-33-5)16-7-8-19-18(9-16)24-21(12-27-19)30(4)25(32)31(24)22-13-29(3)28-15(22)2/h7-13H,6,14H2,1-5H3/i5D3. The molecule has 5 rings (SSSR count). The highest BCUT2D eigenvalue weighted by atomic mass is 16.5. The third-order valence-electron chi connectivity index (χ3n) is 5.88. The Morgan fingerprint density at radius 3 is 2.71 bits per heavy atom. The monoisotopic (exact) mass is 461 g/mol. The second-order valence-electron chi connectivity index (χ2n) is 8.06. The summed E-state index contributed by atoms with van der Waals surface area (Å²) in [5.74, 6) is 0.447. The number of rotatable bonds is 6. The van der Waals surface area contributed by atoms with Crippen LogP contribution in [0.4, 0.5) is 0 Å². The van der Waals surface area contributed by atoms with Crippen molar-refractivity contribution in [2.45, 2.75) is 20.5 Å². The Morgan fingerprint density at radius 1 is 1.12 bits per heavy atom. The molecule has 0 fully saturated rings. The third kappa shape index (κ3) is 3.45. The Morgan fingerprint density at radius 2 is 1.97 bits per heavy atom. The van der Waals surface area contributed by atoms with Crippen molar-refractivity contribution in [3.63, 3.8) is 0 Å². The van der Waals surface area contributed by atoms with Crippen molar-refractivity contribution in [1.82, 2.24) is 28.9 Å². The van der Waals surface area contributed by atoms with Crippen LogP contribution in [0.5, 0.6) is 5.75 Å². The molecule has 9 heteroatoms. The lowest BCUT2D eigenvalue weighted by atomic mass is 10.0. The predicted octanol–water partition coefficient (Wildman–Crippen LogP) is 3.53. The molecule has 1 aromatic carbocycles. The van der Waals surface area contributed by atoms with Crippen LogP contribution in [-0.4, -0.2) is 42.5 Å². The van der Waals surface area contributed by atoms with E-state index in [-0.39, 0.29) is 12.3 Å². The van der Waals surface area contributed by atoms with E-state index in [1.54, 1.807) is 33.3 Å². The molecule has 0 aliphatic carbocycles. The zero-order valence-corrected chi connectivity index (χ0v) is 19.4. The van der Waals surface area contributed by atoms with E-state index in [0.717, 1.165) is 33.2 Å². The number of hydrogen-bond acceptors (Lipinski definition) is 6. The number of ether oxygens (including phenoxy) is 2. The highest BCUT2D eigenvalue weighted by Gasteiger charge is 2.19. The first-order chi connectivity index (χ1) is 17.6. The molecule has 9 nitrogen and oxygen atoms in total. The molecule has 34 heavy (non-hydrogen) atoms. The zero-order chi connectivity index (χ0) is 26.5. The van der Waals surface area contributed by atoms with Gasteiger partial charge < -0.3 is 9.47 Å². The van der Waals surface area contributed by atoms with Crippen LogP contribution in [-0.2, 0) is 25.4 Å². The largest absolute Gasteiger partial charge is 0.492 e. The fraction of sp³-hybridized carbons (Fsp3) is 0.280. The van der Waals surface area contributed by atoms with Gasteiger partial charge in [-0.3, -0.25) is 23.8 Å². The summed E-state index contributed by atoms with van der Waals surface area (Å²) in [6.07, 6.45) is 5.18. The van der Waals surface area contributed by atoms with E-state index in [1.807, 2.05) is 51.4 Å². The van der Waals surface area contributed by atoms with Crippen molar-refractivity contribution in [3.05, 3.63) is 64.7 Å². The first-order valence-corrected chi connectivity index (χ1v) is 10.8. The van der Waals surface area contributed by atoms with Gasteiger partial charge in [0.1, 0.15) is 11.4 Å². The lowest BCUT2D eigenvalue weighted by molar-refractivity contribution is 0.176. The van der Waals surface area contributed by atoms with Gasteiger partial charge in [-0.15, -0.1) is 0 Å². The van der Waals surface area contributed by atoms with Crippen LogP contribution in [0.1, 0.15) is 22.4 Å². The van der Waals surface area contributed by atoms with Crippen molar-refractivity contribution in [2.75, 3.05) is 13.6 Å². The topological polar surface area (TPSA) is 89.0 Å². The average molecular weight is 462 g/mol. The van der Waals surface area contributed by atoms with E-state index < -0.39 is 7.04 Å². The smallest absolute Gasteiger partial charge is 0.333 e. The van der Waals surface area contributed by atoms with Gasteiger partial charge in [-0.25, -0.2) is 4.79 Å². The quantitative estimate of drug-likeness (QED) is 0.384. The molecule has 0 atom stereocenters. The number of methoxy groups -OCH3 is 1. The molecule has 0 aliphatic rings. The van der Waals surface area contributed by atoms with E-state index in [4.69, 9.17) is 13.6 Å². The molecule has 4 heterocycles. The van der Waals surface area contributed by atoms with Crippen LogP contribution < -0.4 is 10.4 Å². The molecule has 0 saturated heterocycles. The Hall–Kier alpha value is -3.98. The number of pyridine rings is 2. The number of hydrogen-bond donors (Lipinski definition) is 0. The number of benzene rings is 1. The maximum Gasteiger partial charge on any atom is 0.333 e. The lowest BCUT2D eigenvalue weighted by Crippen LogP contribution is -2.21. The maximum absolute atomic E-state index is 13.3. The highest BCUT2D eigenvalue weighted by molar-refractivity contribution is 6.04. The molecular weight excluding hydrogens is 432 g/mol. The number of aromatic nitrogens is 6. The summed E-state index contributed by atoms with van der Waals surface area (Å²) in [4.78, 5) is 22.3. The molecule has 0 N–H and O–H groups in total. The van der Waals surface area contributed by atoms with Gasteiger partial charge in [-0.1, -0.05) is 6.07 Å². The highest BCUT2D eigenvalue weighted by Crippen LogP contribution is 2.32. The minimum absolute atomic E-state index is 0.190. The summed E-state index contributed by atoms with van der Waals surface area (Å²) < 4.78 is 37.5. The Balaban J connectivity index is 1.69. The van der Waals surface area contributed by atoms with Crippen LogP contribution in [0.15, 0.2) is 47.7 Å². The second-order valence-corrected chi connectivity index (χ2v) is 8.06. The summed E-state index contributed by atoms with van der Waals surface area (Å²) >= 11 is 0. The molecule has 0 spiro atoms. The van der Waals surface area contributed by atoms with Crippen LogP contribution in [0.25, 0.3) is 38.8 Å². The summed E-state index contributed by atoms with van der Waals surface area (Å²) in [6.45, 7) is 3.90. The Bertz CT molecular complexity index is 1700. The van der Waals surface area contributed by atoms with Gasteiger partial charge in [0.15, 0.2) is 0 Å². The van der Waals surface area contributed by atoms with Crippen LogP contribution in [0, 0.1) is 6.92 Å². The van der Waals surface area contributed by atoms with Gasteiger partial charge in [0.05, 0.1) is 51.5 Å². The number of imidazole rings is 1. The van der Waals surface area contributed by atoms with Crippen molar-refractivity contribution < 1.29 is 13.6 Å².